The number of ether oxygens (including phenoxy) is 5. The van der Waals surface area contributed by atoms with Gasteiger partial charge in [0.2, 0.25) is 0 Å². The van der Waals surface area contributed by atoms with Crippen LogP contribution < -0.4 is 0 Å². The second kappa shape index (κ2) is 17.7. The van der Waals surface area contributed by atoms with E-state index in [4.69, 9.17) is 23.7 Å². The second-order valence-electron chi connectivity index (χ2n) is 10.2. The Kier molecular flexibility index (Phi) is 15.5. The Morgan fingerprint density at radius 2 is 1.26 bits per heavy atom. The normalized spacial score (nSPS) is 35.8. The Hall–Kier alpha value is -0.930. The average Bonchev–Trinajstić information content (AvgIpc) is 2.90. The van der Waals surface area contributed by atoms with E-state index in [1.807, 2.05) is 0 Å². The molecular weight excluding hydrogens is 504 g/mol. The number of hydrogen-bond acceptors (Lipinski definition) is 12. The molecule has 12 heteroatoms. The van der Waals surface area contributed by atoms with Crippen LogP contribution in [0.4, 0.5) is 0 Å². The van der Waals surface area contributed by atoms with E-state index in [0.717, 1.165) is 25.7 Å². The average molecular weight is 553 g/mol. The molecule has 0 saturated carbocycles. The topological polar surface area (TPSA) is 185 Å². The van der Waals surface area contributed by atoms with Crippen molar-refractivity contribution in [2.75, 3.05) is 19.8 Å². The number of aliphatic hydroxyl groups is 6. The smallest absolute Gasteiger partial charge is 0.302 e. The van der Waals surface area contributed by atoms with Crippen LogP contribution in [0.1, 0.15) is 78.1 Å². The van der Waals surface area contributed by atoms with Gasteiger partial charge in [-0.15, -0.1) is 0 Å². The SMILES string of the molecule is CCCCCCCCCCCCOC1O[C@H](COC(C)=O)[C@@H](O)[C@H](O)[C@H]1OC1O[C@H](CO)[C@@H](O)[C@H](O)[C@H]1O. The van der Waals surface area contributed by atoms with E-state index in [0.29, 0.717) is 0 Å². The third kappa shape index (κ3) is 10.2. The van der Waals surface area contributed by atoms with Crippen LogP contribution in [0.5, 0.6) is 0 Å². The quantitative estimate of drug-likeness (QED) is 0.106. The number of esters is 1. The van der Waals surface area contributed by atoms with Crippen LogP contribution in [0.2, 0.25) is 0 Å². The van der Waals surface area contributed by atoms with E-state index in [9.17, 15) is 35.4 Å². The zero-order valence-electron chi connectivity index (χ0n) is 22.6. The zero-order chi connectivity index (χ0) is 28.1. The van der Waals surface area contributed by atoms with Crippen molar-refractivity contribution in [3.8, 4) is 0 Å². The van der Waals surface area contributed by atoms with Gasteiger partial charge in [-0.1, -0.05) is 64.7 Å². The van der Waals surface area contributed by atoms with E-state index >= 15 is 0 Å². The fourth-order valence-corrected chi connectivity index (χ4v) is 4.65. The number of hydrogen-bond donors (Lipinski definition) is 6. The number of carbonyl (C=O) groups is 1. The first-order valence-electron chi connectivity index (χ1n) is 13.9. The summed E-state index contributed by atoms with van der Waals surface area (Å²) in [5.74, 6) is -0.585. The van der Waals surface area contributed by atoms with Crippen LogP contribution in [0.25, 0.3) is 0 Å². The third-order valence-electron chi connectivity index (χ3n) is 7.02. The summed E-state index contributed by atoms with van der Waals surface area (Å²) in [6.07, 6.45) is -3.15. The van der Waals surface area contributed by atoms with Crippen LogP contribution in [-0.4, -0.2) is 118 Å². The number of unbranched alkanes of at least 4 members (excludes halogenated alkanes) is 9. The molecule has 0 spiro atoms. The van der Waals surface area contributed by atoms with Gasteiger partial charge in [0.25, 0.3) is 0 Å². The van der Waals surface area contributed by atoms with Gasteiger partial charge in [-0.2, -0.15) is 0 Å². The molecule has 12 nitrogen and oxygen atoms in total. The summed E-state index contributed by atoms with van der Waals surface area (Å²) in [6.45, 7) is 2.69. The van der Waals surface area contributed by atoms with Gasteiger partial charge < -0.3 is 54.3 Å². The Labute approximate surface area is 224 Å². The van der Waals surface area contributed by atoms with Gasteiger partial charge in [0.15, 0.2) is 12.6 Å². The lowest BCUT2D eigenvalue weighted by Crippen LogP contribution is -2.64. The van der Waals surface area contributed by atoms with Gasteiger partial charge in [-0.05, 0) is 6.42 Å². The van der Waals surface area contributed by atoms with Crippen molar-refractivity contribution < 1.29 is 59.1 Å². The lowest BCUT2D eigenvalue weighted by molar-refractivity contribution is -0.367. The van der Waals surface area contributed by atoms with Gasteiger partial charge >= 0.3 is 5.97 Å². The minimum atomic E-state index is -1.71. The first kappa shape index (κ1) is 33.3. The minimum absolute atomic E-state index is 0.263. The highest BCUT2D eigenvalue weighted by Gasteiger charge is 2.51. The number of carbonyl (C=O) groups excluding carboxylic acids is 1. The van der Waals surface area contributed by atoms with Crippen LogP contribution >= 0.6 is 0 Å². The third-order valence-corrected chi connectivity index (χ3v) is 7.02. The highest BCUT2D eigenvalue weighted by atomic mass is 16.8. The van der Waals surface area contributed by atoms with Crippen molar-refractivity contribution in [1.82, 2.24) is 0 Å². The fourth-order valence-electron chi connectivity index (χ4n) is 4.65. The van der Waals surface area contributed by atoms with E-state index in [1.54, 1.807) is 0 Å². The van der Waals surface area contributed by atoms with E-state index in [-0.39, 0.29) is 13.2 Å². The van der Waals surface area contributed by atoms with Gasteiger partial charge in [0, 0.05) is 13.5 Å². The molecular formula is C26H48O12. The van der Waals surface area contributed by atoms with Crippen molar-refractivity contribution >= 4 is 5.97 Å². The molecule has 2 unspecified atom stereocenters. The van der Waals surface area contributed by atoms with E-state index < -0.39 is 74.0 Å². The maximum Gasteiger partial charge on any atom is 0.302 e. The van der Waals surface area contributed by atoms with E-state index in [1.165, 1.54) is 45.4 Å². The number of aliphatic hydroxyl groups excluding tert-OH is 6. The molecule has 0 aromatic carbocycles. The first-order chi connectivity index (χ1) is 18.2. The van der Waals surface area contributed by atoms with E-state index in [2.05, 4.69) is 6.92 Å². The zero-order valence-corrected chi connectivity index (χ0v) is 22.6. The molecule has 6 N–H and O–H groups in total. The van der Waals surface area contributed by atoms with Crippen molar-refractivity contribution in [1.29, 1.82) is 0 Å². The van der Waals surface area contributed by atoms with Crippen LogP contribution in [0, 0.1) is 0 Å². The molecule has 2 saturated heterocycles. The molecule has 0 amide bonds. The van der Waals surface area contributed by atoms with Gasteiger partial charge in [0.05, 0.1) is 6.61 Å². The van der Waals surface area contributed by atoms with Crippen molar-refractivity contribution in [2.24, 2.45) is 0 Å². The molecule has 224 valence electrons. The standard InChI is InChI=1S/C26H48O12/c1-3-4-5-6-7-8-9-10-11-12-13-34-26-24(22(32)20(30)18(37-26)15-35-16(2)28)38-25-23(33)21(31)19(29)17(14-27)36-25/h17-27,29-33H,3-15H2,1-2H3/t17-,18-,19-,20-,21+,22+,23-,24-,25?,26?/m1/s1. The van der Waals surface area contributed by atoms with Crippen LogP contribution in [0.15, 0.2) is 0 Å². The molecule has 2 fully saturated rings. The molecule has 0 bridgehead atoms. The first-order valence-corrected chi connectivity index (χ1v) is 13.9. The maximum atomic E-state index is 11.2. The van der Waals surface area contributed by atoms with Crippen molar-refractivity contribution in [3.63, 3.8) is 0 Å². The molecule has 0 radical (unpaired) electrons. The molecule has 0 aliphatic carbocycles. The molecule has 0 aromatic rings. The Balaban J connectivity index is 1.92. The summed E-state index contributed by atoms with van der Waals surface area (Å²) in [4.78, 5) is 11.2. The summed E-state index contributed by atoms with van der Waals surface area (Å²) < 4.78 is 27.6. The van der Waals surface area contributed by atoms with Gasteiger partial charge in [-0.25, -0.2) is 0 Å². The highest BCUT2D eigenvalue weighted by molar-refractivity contribution is 5.65. The molecule has 10 atom stereocenters. The summed E-state index contributed by atoms with van der Waals surface area (Å²) in [7, 11) is 0. The Morgan fingerprint density at radius 3 is 1.84 bits per heavy atom. The maximum absolute atomic E-state index is 11.2. The Bertz CT molecular complexity index is 650. The molecule has 2 aliphatic heterocycles. The summed E-state index contributed by atoms with van der Waals surface area (Å²) in [6, 6.07) is 0. The Morgan fingerprint density at radius 1 is 0.711 bits per heavy atom. The summed E-state index contributed by atoms with van der Waals surface area (Å²) in [5.41, 5.74) is 0. The number of rotatable bonds is 17. The molecule has 38 heavy (non-hydrogen) atoms. The minimum Gasteiger partial charge on any atom is -0.463 e. The highest BCUT2D eigenvalue weighted by Crippen LogP contribution is 2.30. The summed E-state index contributed by atoms with van der Waals surface area (Å²) >= 11 is 0. The van der Waals surface area contributed by atoms with Crippen molar-refractivity contribution in [3.05, 3.63) is 0 Å². The molecule has 2 aliphatic rings. The molecule has 0 aromatic heterocycles. The van der Waals surface area contributed by atoms with Crippen LogP contribution in [0.3, 0.4) is 0 Å². The predicted octanol–water partition coefficient (Wildman–Crippen LogP) is 0.119. The fraction of sp³-hybridized carbons (Fsp3) is 0.962. The van der Waals surface area contributed by atoms with Crippen LogP contribution in [-0.2, 0) is 28.5 Å². The molecule has 2 heterocycles. The second-order valence-corrected chi connectivity index (χ2v) is 10.2. The predicted molar refractivity (Wildman–Crippen MR) is 134 cm³/mol. The lowest BCUT2D eigenvalue weighted by Gasteiger charge is -2.46. The molecule has 2 rings (SSSR count). The van der Waals surface area contributed by atoms with Crippen molar-refractivity contribution in [2.45, 2.75) is 139 Å². The summed E-state index contributed by atoms with van der Waals surface area (Å²) in [5, 5.41) is 61.2. The largest absolute Gasteiger partial charge is 0.463 e. The van der Waals surface area contributed by atoms with Gasteiger partial charge in [-0.3, -0.25) is 4.79 Å². The monoisotopic (exact) mass is 552 g/mol. The van der Waals surface area contributed by atoms with Gasteiger partial charge in [0.1, 0.15) is 55.4 Å². The lowest BCUT2D eigenvalue weighted by atomic mass is 9.97.